The van der Waals surface area contributed by atoms with E-state index in [0.717, 1.165) is 23.1 Å². The normalized spacial score (nSPS) is 13.4. The van der Waals surface area contributed by atoms with Crippen molar-refractivity contribution in [1.29, 1.82) is 0 Å². The van der Waals surface area contributed by atoms with Crippen LogP contribution in [0.1, 0.15) is 32.8 Å². The van der Waals surface area contributed by atoms with Crippen molar-refractivity contribution in [1.82, 2.24) is 5.32 Å². The molecule has 0 aliphatic rings. The van der Waals surface area contributed by atoms with Crippen LogP contribution in [-0.4, -0.2) is 20.2 Å². The molecule has 2 nitrogen and oxygen atoms in total. The molecule has 1 rings (SSSR count). The van der Waals surface area contributed by atoms with Crippen molar-refractivity contribution in [3.63, 3.8) is 0 Å². The molecular weight excluding hydrogens is 290 g/mol. The Balaban J connectivity index is 2.85. The minimum atomic E-state index is 0.247. The van der Waals surface area contributed by atoms with E-state index in [2.05, 4.69) is 48.1 Å². The molecule has 0 radical (unpaired) electrons. The summed E-state index contributed by atoms with van der Waals surface area (Å²) in [6, 6.07) is 6.73. The second-order valence-corrected chi connectivity index (χ2v) is 6.61. The predicted molar refractivity (Wildman–Crippen MR) is 81.3 cm³/mol. The number of halogens is 1. The highest BCUT2D eigenvalue weighted by Gasteiger charge is 2.22. The largest absolute Gasteiger partial charge is 0.496 e. The molecule has 3 heteroatoms. The summed E-state index contributed by atoms with van der Waals surface area (Å²) in [4.78, 5) is 0. The summed E-state index contributed by atoms with van der Waals surface area (Å²) in [6.07, 6.45) is 2.15. The lowest BCUT2D eigenvalue weighted by molar-refractivity contribution is 0.288. The number of methoxy groups -OCH3 is 1. The minimum Gasteiger partial charge on any atom is -0.496 e. The Labute approximate surface area is 119 Å². The Morgan fingerprint density at radius 2 is 2.06 bits per heavy atom. The molecule has 102 valence electrons. The second kappa shape index (κ2) is 6.58. The first-order valence-electron chi connectivity index (χ1n) is 6.37. The number of hydrogen-bond acceptors (Lipinski definition) is 2. The Kier molecular flexibility index (Phi) is 5.67. The molecule has 18 heavy (non-hydrogen) atoms. The van der Waals surface area contributed by atoms with Crippen LogP contribution in [0.4, 0.5) is 0 Å². The third-order valence-corrected chi connectivity index (χ3v) is 3.76. The lowest BCUT2D eigenvalue weighted by Crippen LogP contribution is -2.29. The molecular formula is C15H24BrNO. The fraction of sp³-hybridized carbons (Fsp3) is 0.600. The number of hydrogen-bond donors (Lipinski definition) is 1. The van der Waals surface area contributed by atoms with Gasteiger partial charge in [-0.25, -0.2) is 0 Å². The summed E-state index contributed by atoms with van der Waals surface area (Å²) in [6.45, 7) is 6.84. The number of nitrogens with one attached hydrogen (secondary N) is 1. The molecule has 0 aromatic heterocycles. The Bertz CT molecular complexity index is 390. The zero-order valence-electron chi connectivity index (χ0n) is 12.0. The molecule has 0 saturated carbocycles. The summed E-state index contributed by atoms with van der Waals surface area (Å²) in [5, 5.41) is 3.31. The van der Waals surface area contributed by atoms with Gasteiger partial charge in [-0.15, -0.1) is 0 Å². The van der Waals surface area contributed by atoms with Crippen molar-refractivity contribution in [2.24, 2.45) is 5.41 Å². The summed E-state index contributed by atoms with van der Waals surface area (Å²) < 4.78 is 6.55. The molecule has 0 heterocycles. The number of ether oxygens (including phenoxy) is 1. The fourth-order valence-corrected chi connectivity index (χ4v) is 2.81. The molecule has 0 saturated heterocycles. The summed E-state index contributed by atoms with van der Waals surface area (Å²) in [7, 11) is 3.75. The van der Waals surface area contributed by atoms with Crippen LogP contribution >= 0.6 is 15.9 Å². The van der Waals surface area contributed by atoms with E-state index in [9.17, 15) is 0 Å². The van der Waals surface area contributed by atoms with Gasteiger partial charge in [-0.2, -0.15) is 0 Å². The average Bonchev–Trinajstić information content (AvgIpc) is 2.28. The molecule has 0 fully saturated rings. The van der Waals surface area contributed by atoms with Crippen LogP contribution in [0.2, 0.25) is 0 Å². The molecule has 0 aliphatic heterocycles. The predicted octanol–water partition coefficient (Wildman–Crippen LogP) is 4.02. The fourth-order valence-electron chi connectivity index (χ4n) is 2.40. The Hall–Kier alpha value is -0.540. The maximum atomic E-state index is 5.44. The zero-order valence-corrected chi connectivity index (χ0v) is 13.6. The van der Waals surface area contributed by atoms with Gasteiger partial charge in [0.15, 0.2) is 0 Å². The molecule has 1 aromatic carbocycles. The van der Waals surface area contributed by atoms with Gasteiger partial charge in [-0.3, -0.25) is 0 Å². The first-order chi connectivity index (χ1) is 8.38. The van der Waals surface area contributed by atoms with Crippen LogP contribution in [0, 0.1) is 5.41 Å². The van der Waals surface area contributed by atoms with Crippen molar-refractivity contribution in [2.45, 2.75) is 39.7 Å². The summed E-state index contributed by atoms with van der Waals surface area (Å²) in [5.74, 6) is 0.975. The van der Waals surface area contributed by atoms with Gasteiger partial charge in [0.25, 0.3) is 0 Å². The molecule has 0 spiro atoms. The van der Waals surface area contributed by atoms with Gasteiger partial charge in [0, 0.05) is 10.5 Å². The van der Waals surface area contributed by atoms with Crippen LogP contribution < -0.4 is 10.1 Å². The van der Waals surface area contributed by atoms with Crippen LogP contribution in [-0.2, 0) is 6.42 Å². The van der Waals surface area contributed by atoms with E-state index in [1.165, 1.54) is 5.56 Å². The molecule has 1 N–H and O–H groups in total. The third kappa shape index (κ3) is 4.62. The maximum absolute atomic E-state index is 5.44. The van der Waals surface area contributed by atoms with Crippen molar-refractivity contribution >= 4 is 15.9 Å². The first-order valence-corrected chi connectivity index (χ1v) is 7.17. The van der Waals surface area contributed by atoms with E-state index in [4.69, 9.17) is 4.74 Å². The molecule has 1 unspecified atom stereocenters. The standard InChI is InChI=1S/C15H24BrNO/c1-11(17-4)9-15(2,3)10-12-8-13(16)6-7-14(12)18-5/h6-8,11,17H,9-10H2,1-5H3. The van der Waals surface area contributed by atoms with E-state index < -0.39 is 0 Å². The lowest BCUT2D eigenvalue weighted by atomic mass is 9.80. The summed E-state index contributed by atoms with van der Waals surface area (Å²) >= 11 is 3.53. The van der Waals surface area contributed by atoms with Gasteiger partial charge in [0.05, 0.1) is 7.11 Å². The Morgan fingerprint density at radius 3 is 2.61 bits per heavy atom. The van der Waals surface area contributed by atoms with Gasteiger partial charge >= 0.3 is 0 Å². The van der Waals surface area contributed by atoms with Crippen LogP contribution in [0.15, 0.2) is 22.7 Å². The van der Waals surface area contributed by atoms with Gasteiger partial charge < -0.3 is 10.1 Å². The van der Waals surface area contributed by atoms with Gasteiger partial charge in [-0.05, 0) is 56.0 Å². The van der Waals surface area contributed by atoms with Gasteiger partial charge in [0.1, 0.15) is 5.75 Å². The third-order valence-electron chi connectivity index (χ3n) is 3.26. The second-order valence-electron chi connectivity index (χ2n) is 5.69. The zero-order chi connectivity index (χ0) is 13.8. The van der Waals surface area contributed by atoms with Crippen LogP contribution in [0.3, 0.4) is 0 Å². The molecule has 1 aromatic rings. The topological polar surface area (TPSA) is 21.3 Å². The molecule has 0 bridgehead atoms. The van der Waals surface area contributed by atoms with Gasteiger partial charge in [0.2, 0.25) is 0 Å². The number of benzene rings is 1. The maximum Gasteiger partial charge on any atom is 0.122 e. The monoisotopic (exact) mass is 313 g/mol. The van der Waals surface area contributed by atoms with E-state index in [0.29, 0.717) is 6.04 Å². The molecule has 1 atom stereocenters. The highest BCUT2D eigenvalue weighted by molar-refractivity contribution is 9.10. The lowest BCUT2D eigenvalue weighted by Gasteiger charge is -2.28. The average molecular weight is 314 g/mol. The van der Waals surface area contributed by atoms with Crippen molar-refractivity contribution in [3.8, 4) is 5.75 Å². The first kappa shape index (κ1) is 15.5. The SMILES string of the molecule is CNC(C)CC(C)(C)Cc1cc(Br)ccc1OC. The summed E-state index contributed by atoms with van der Waals surface area (Å²) in [5.41, 5.74) is 1.51. The highest BCUT2D eigenvalue weighted by Crippen LogP contribution is 2.33. The van der Waals surface area contributed by atoms with Gasteiger partial charge in [-0.1, -0.05) is 29.8 Å². The van der Waals surface area contributed by atoms with E-state index in [-0.39, 0.29) is 5.41 Å². The minimum absolute atomic E-state index is 0.247. The smallest absolute Gasteiger partial charge is 0.122 e. The van der Waals surface area contributed by atoms with Crippen LogP contribution in [0.25, 0.3) is 0 Å². The molecule has 0 amide bonds. The number of rotatable bonds is 6. The van der Waals surface area contributed by atoms with Crippen molar-refractivity contribution in [3.05, 3.63) is 28.2 Å². The Morgan fingerprint density at radius 1 is 1.39 bits per heavy atom. The van der Waals surface area contributed by atoms with E-state index in [1.807, 2.05) is 19.2 Å². The van der Waals surface area contributed by atoms with Crippen molar-refractivity contribution in [2.75, 3.05) is 14.2 Å². The van der Waals surface area contributed by atoms with E-state index in [1.54, 1.807) is 7.11 Å². The molecule has 0 aliphatic carbocycles. The quantitative estimate of drug-likeness (QED) is 0.856. The van der Waals surface area contributed by atoms with Crippen LogP contribution in [0.5, 0.6) is 5.75 Å². The van der Waals surface area contributed by atoms with Crippen molar-refractivity contribution < 1.29 is 4.74 Å². The highest BCUT2D eigenvalue weighted by atomic mass is 79.9. The van der Waals surface area contributed by atoms with E-state index >= 15 is 0 Å².